The van der Waals surface area contributed by atoms with Crippen molar-refractivity contribution in [3.05, 3.63) is 0 Å². The van der Waals surface area contributed by atoms with Gasteiger partial charge in [0.15, 0.2) is 0 Å². The highest BCUT2D eigenvalue weighted by Crippen LogP contribution is 2.22. The molecule has 1 heterocycles. The van der Waals surface area contributed by atoms with Crippen LogP contribution in [0.1, 0.15) is 39.5 Å². The van der Waals surface area contributed by atoms with Gasteiger partial charge >= 0.3 is 0 Å². The SMILES string of the molecule is CC1CCC(CCC(=O)N[C@H](C)CN)O1.Cl. The highest BCUT2D eigenvalue weighted by molar-refractivity contribution is 5.85. The third-order valence-electron chi connectivity index (χ3n) is 2.77. The van der Waals surface area contributed by atoms with Crippen molar-refractivity contribution in [2.75, 3.05) is 6.54 Å². The summed E-state index contributed by atoms with van der Waals surface area (Å²) in [6.45, 7) is 4.48. The molecule has 3 N–H and O–H groups in total. The van der Waals surface area contributed by atoms with Crippen LogP contribution in [0, 0.1) is 0 Å². The van der Waals surface area contributed by atoms with Crippen LogP contribution in [-0.2, 0) is 9.53 Å². The molecule has 0 radical (unpaired) electrons. The molecule has 2 unspecified atom stereocenters. The highest BCUT2D eigenvalue weighted by Gasteiger charge is 2.22. The fraction of sp³-hybridized carbons (Fsp3) is 0.909. The number of nitrogens with two attached hydrogens (primary N) is 1. The zero-order valence-corrected chi connectivity index (χ0v) is 10.9. The summed E-state index contributed by atoms with van der Waals surface area (Å²) >= 11 is 0. The van der Waals surface area contributed by atoms with Crippen LogP contribution in [0.4, 0.5) is 0 Å². The molecule has 1 amide bonds. The number of halogens is 1. The first-order chi connectivity index (χ1) is 7.11. The van der Waals surface area contributed by atoms with Gasteiger partial charge in [0.05, 0.1) is 12.2 Å². The molecule has 1 aliphatic heterocycles. The Morgan fingerprint density at radius 1 is 1.56 bits per heavy atom. The van der Waals surface area contributed by atoms with E-state index in [-0.39, 0.29) is 30.5 Å². The second-order valence-corrected chi connectivity index (χ2v) is 4.39. The molecule has 16 heavy (non-hydrogen) atoms. The Balaban J connectivity index is 0.00000225. The molecule has 3 atom stereocenters. The van der Waals surface area contributed by atoms with E-state index in [1.54, 1.807) is 0 Å². The van der Waals surface area contributed by atoms with Crippen molar-refractivity contribution in [2.45, 2.75) is 57.8 Å². The number of carbonyl (C=O) groups is 1. The quantitative estimate of drug-likeness (QED) is 0.771. The molecule has 1 fully saturated rings. The van der Waals surface area contributed by atoms with Crippen LogP contribution < -0.4 is 11.1 Å². The van der Waals surface area contributed by atoms with Gasteiger partial charge in [0, 0.05) is 19.0 Å². The zero-order valence-electron chi connectivity index (χ0n) is 10.1. The first-order valence-corrected chi connectivity index (χ1v) is 5.76. The predicted octanol–water partition coefficient (Wildman–Crippen LogP) is 1.22. The van der Waals surface area contributed by atoms with E-state index >= 15 is 0 Å². The molecule has 0 aromatic rings. The van der Waals surface area contributed by atoms with E-state index in [2.05, 4.69) is 12.2 Å². The lowest BCUT2D eigenvalue weighted by atomic mass is 10.1. The lowest BCUT2D eigenvalue weighted by Gasteiger charge is -2.13. The molecule has 1 rings (SSSR count). The van der Waals surface area contributed by atoms with E-state index in [0.29, 0.717) is 19.1 Å². The molecule has 0 aromatic heterocycles. The fourth-order valence-corrected chi connectivity index (χ4v) is 1.80. The van der Waals surface area contributed by atoms with Crippen molar-refractivity contribution in [2.24, 2.45) is 5.73 Å². The summed E-state index contributed by atoms with van der Waals surface area (Å²) < 4.78 is 5.64. The van der Waals surface area contributed by atoms with E-state index in [9.17, 15) is 4.79 Å². The smallest absolute Gasteiger partial charge is 0.220 e. The third-order valence-corrected chi connectivity index (χ3v) is 2.77. The molecule has 0 bridgehead atoms. The largest absolute Gasteiger partial charge is 0.375 e. The predicted molar refractivity (Wildman–Crippen MR) is 66.7 cm³/mol. The number of hydrogen-bond acceptors (Lipinski definition) is 3. The molecule has 0 saturated carbocycles. The number of amides is 1. The number of ether oxygens (including phenoxy) is 1. The fourth-order valence-electron chi connectivity index (χ4n) is 1.80. The van der Waals surface area contributed by atoms with E-state index in [0.717, 1.165) is 19.3 Å². The Hall–Kier alpha value is -0.320. The van der Waals surface area contributed by atoms with Gasteiger partial charge in [-0.3, -0.25) is 4.79 Å². The van der Waals surface area contributed by atoms with Crippen LogP contribution >= 0.6 is 12.4 Å². The molecular formula is C11H23ClN2O2. The van der Waals surface area contributed by atoms with Gasteiger partial charge in [-0.1, -0.05) is 0 Å². The van der Waals surface area contributed by atoms with Crippen molar-refractivity contribution < 1.29 is 9.53 Å². The summed E-state index contributed by atoms with van der Waals surface area (Å²) in [5.41, 5.74) is 5.42. The Morgan fingerprint density at radius 2 is 2.25 bits per heavy atom. The highest BCUT2D eigenvalue weighted by atomic mass is 35.5. The summed E-state index contributed by atoms with van der Waals surface area (Å²) in [6, 6.07) is 0.0703. The molecular weight excluding hydrogens is 228 g/mol. The van der Waals surface area contributed by atoms with Gasteiger partial charge in [0.1, 0.15) is 0 Å². The Labute approximate surface area is 104 Å². The lowest BCUT2D eigenvalue weighted by Crippen LogP contribution is -2.38. The number of carbonyl (C=O) groups excluding carboxylic acids is 1. The Morgan fingerprint density at radius 3 is 2.75 bits per heavy atom. The standard InChI is InChI=1S/C11H22N2O2.ClH/c1-8(7-12)13-11(14)6-5-10-4-3-9(2)15-10;/h8-10H,3-7,12H2,1-2H3,(H,13,14);1H/t8-,9?,10?;/m1./s1. The Bertz CT molecular complexity index is 214. The molecule has 1 aliphatic rings. The van der Waals surface area contributed by atoms with E-state index in [4.69, 9.17) is 10.5 Å². The van der Waals surface area contributed by atoms with Gasteiger partial charge in [0.25, 0.3) is 0 Å². The van der Waals surface area contributed by atoms with Crippen LogP contribution in [0.3, 0.4) is 0 Å². The van der Waals surface area contributed by atoms with Crippen molar-refractivity contribution in [3.63, 3.8) is 0 Å². The zero-order chi connectivity index (χ0) is 11.3. The van der Waals surface area contributed by atoms with E-state index < -0.39 is 0 Å². The second kappa shape index (κ2) is 7.87. The molecule has 96 valence electrons. The number of rotatable bonds is 5. The molecule has 0 aromatic carbocycles. The van der Waals surface area contributed by atoms with Gasteiger partial charge in [-0.2, -0.15) is 0 Å². The first-order valence-electron chi connectivity index (χ1n) is 5.76. The van der Waals surface area contributed by atoms with Crippen LogP contribution in [-0.4, -0.2) is 30.7 Å². The lowest BCUT2D eigenvalue weighted by molar-refractivity contribution is -0.122. The molecule has 4 nitrogen and oxygen atoms in total. The normalized spacial score (nSPS) is 25.9. The maximum Gasteiger partial charge on any atom is 0.220 e. The van der Waals surface area contributed by atoms with E-state index in [1.165, 1.54) is 0 Å². The molecule has 0 spiro atoms. The number of nitrogens with one attached hydrogen (secondary N) is 1. The van der Waals surface area contributed by atoms with Gasteiger partial charge in [-0.05, 0) is 33.1 Å². The number of hydrogen-bond donors (Lipinski definition) is 2. The van der Waals surface area contributed by atoms with Crippen molar-refractivity contribution in [1.82, 2.24) is 5.32 Å². The summed E-state index contributed by atoms with van der Waals surface area (Å²) in [5, 5.41) is 2.85. The van der Waals surface area contributed by atoms with Gasteiger partial charge in [-0.15, -0.1) is 12.4 Å². The minimum Gasteiger partial charge on any atom is -0.375 e. The summed E-state index contributed by atoms with van der Waals surface area (Å²) in [4.78, 5) is 11.4. The molecule has 1 saturated heterocycles. The average molecular weight is 251 g/mol. The minimum atomic E-state index is 0. The maximum atomic E-state index is 11.4. The summed E-state index contributed by atoms with van der Waals surface area (Å²) in [5.74, 6) is 0.0797. The van der Waals surface area contributed by atoms with Gasteiger partial charge < -0.3 is 15.8 Å². The summed E-state index contributed by atoms with van der Waals surface area (Å²) in [6.07, 6.45) is 4.21. The monoisotopic (exact) mass is 250 g/mol. The minimum absolute atomic E-state index is 0. The molecule has 0 aliphatic carbocycles. The third kappa shape index (κ3) is 5.68. The van der Waals surface area contributed by atoms with Crippen molar-refractivity contribution in [1.29, 1.82) is 0 Å². The van der Waals surface area contributed by atoms with Crippen molar-refractivity contribution >= 4 is 18.3 Å². The Kier molecular flexibility index (Phi) is 7.72. The topological polar surface area (TPSA) is 64.4 Å². The van der Waals surface area contributed by atoms with Crippen LogP contribution in [0.25, 0.3) is 0 Å². The van der Waals surface area contributed by atoms with E-state index in [1.807, 2.05) is 6.92 Å². The second-order valence-electron chi connectivity index (χ2n) is 4.39. The first kappa shape index (κ1) is 15.7. The van der Waals surface area contributed by atoms with Gasteiger partial charge in [-0.25, -0.2) is 0 Å². The van der Waals surface area contributed by atoms with Gasteiger partial charge in [0.2, 0.25) is 5.91 Å². The van der Waals surface area contributed by atoms with Crippen LogP contribution in [0.2, 0.25) is 0 Å². The van der Waals surface area contributed by atoms with Crippen LogP contribution in [0.15, 0.2) is 0 Å². The maximum absolute atomic E-state index is 11.4. The summed E-state index contributed by atoms with van der Waals surface area (Å²) in [7, 11) is 0. The average Bonchev–Trinajstić information content (AvgIpc) is 2.61. The van der Waals surface area contributed by atoms with Crippen molar-refractivity contribution in [3.8, 4) is 0 Å². The van der Waals surface area contributed by atoms with Crippen LogP contribution in [0.5, 0.6) is 0 Å². The molecule has 5 heteroatoms.